The quantitative estimate of drug-likeness (QED) is 0.660. The molecule has 0 rings (SSSR count). The molecule has 0 aromatic rings. The summed E-state index contributed by atoms with van der Waals surface area (Å²) in [4.78, 5) is 0. The number of allylic oxidation sites excluding steroid dienone is 4. The average molecular weight is 179 g/mol. The largest absolute Gasteiger partial charge is 0.399 e. The van der Waals surface area contributed by atoms with Crippen LogP contribution in [-0.4, -0.2) is 0 Å². The first kappa shape index (κ1) is 12.0. The van der Waals surface area contributed by atoms with E-state index in [1.54, 1.807) is 0 Å². The minimum Gasteiger partial charge on any atom is -0.399 e. The molecule has 0 aliphatic carbocycles. The van der Waals surface area contributed by atoms with Gasteiger partial charge in [-0.15, -0.1) is 0 Å². The van der Waals surface area contributed by atoms with Crippen molar-refractivity contribution in [1.82, 2.24) is 0 Å². The van der Waals surface area contributed by atoms with Crippen molar-refractivity contribution in [2.75, 3.05) is 0 Å². The molecule has 1 nitrogen and oxygen atoms in total. The minimum atomic E-state index is 0.322. The lowest BCUT2D eigenvalue weighted by molar-refractivity contribution is 0.413. The zero-order valence-electron chi connectivity index (χ0n) is 9.22. The third-order valence-electron chi connectivity index (χ3n) is 1.62. The zero-order chi connectivity index (χ0) is 10.5. The van der Waals surface area contributed by atoms with Gasteiger partial charge < -0.3 is 5.73 Å². The van der Waals surface area contributed by atoms with Gasteiger partial charge in [0.2, 0.25) is 0 Å². The Labute approximate surface area is 82.0 Å². The van der Waals surface area contributed by atoms with Crippen LogP contribution in [0, 0.1) is 5.41 Å². The molecule has 13 heavy (non-hydrogen) atoms. The minimum absolute atomic E-state index is 0.322. The highest BCUT2D eigenvalue weighted by molar-refractivity contribution is 5.25. The fourth-order valence-corrected chi connectivity index (χ4v) is 1.08. The van der Waals surface area contributed by atoms with Gasteiger partial charge >= 0.3 is 0 Å². The molecular weight excluding hydrogens is 158 g/mol. The topological polar surface area (TPSA) is 26.0 Å². The van der Waals surface area contributed by atoms with Crippen molar-refractivity contribution in [3.63, 3.8) is 0 Å². The van der Waals surface area contributed by atoms with Crippen LogP contribution in [0.15, 0.2) is 36.1 Å². The standard InChI is InChI=1S/C12H21N/c1-6-11(8-7-10(2)13)9-12(3,4)5/h6-8H,2,9,13H2,1,3-5H3/b8-7-,11-6+. The molecule has 0 bridgehead atoms. The second-order valence-electron chi connectivity index (χ2n) is 4.51. The lowest BCUT2D eigenvalue weighted by atomic mass is 9.87. The van der Waals surface area contributed by atoms with Gasteiger partial charge in [-0.25, -0.2) is 0 Å². The SMILES string of the molecule is C=C(N)/C=C\C(=C/C)CC(C)(C)C. The van der Waals surface area contributed by atoms with E-state index in [9.17, 15) is 0 Å². The Morgan fingerprint density at radius 3 is 2.15 bits per heavy atom. The lowest BCUT2D eigenvalue weighted by Gasteiger charge is -2.18. The van der Waals surface area contributed by atoms with Crippen LogP contribution in [0.25, 0.3) is 0 Å². The van der Waals surface area contributed by atoms with Crippen molar-refractivity contribution in [2.45, 2.75) is 34.1 Å². The summed E-state index contributed by atoms with van der Waals surface area (Å²) in [5.74, 6) is 0. The Balaban J connectivity index is 4.31. The molecule has 0 heterocycles. The van der Waals surface area contributed by atoms with Gasteiger partial charge in [0.15, 0.2) is 0 Å². The van der Waals surface area contributed by atoms with E-state index in [2.05, 4.69) is 33.4 Å². The van der Waals surface area contributed by atoms with Crippen LogP contribution in [0.5, 0.6) is 0 Å². The van der Waals surface area contributed by atoms with Crippen molar-refractivity contribution in [1.29, 1.82) is 0 Å². The van der Waals surface area contributed by atoms with Gasteiger partial charge in [0, 0.05) is 5.70 Å². The molecule has 0 aliphatic rings. The molecule has 0 aliphatic heterocycles. The first-order chi connectivity index (χ1) is 5.85. The molecule has 0 unspecified atom stereocenters. The number of rotatable bonds is 3. The van der Waals surface area contributed by atoms with E-state index in [1.807, 2.05) is 19.1 Å². The second kappa shape index (κ2) is 4.90. The van der Waals surface area contributed by atoms with E-state index in [0.717, 1.165) is 6.42 Å². The summed E-state index contributed by atoms with van der Waals surface area (Å²) >= 11 is 0. The fraction of sp³-hybridized carbons (Fsp3) is 0.500. The Bertz CT molecular complexity index is 226. The van der Waals surface area contributed by atoms with Crippen LogP contribution in [0.3, 0.4) is 0 Å². The van der Waals surface area contributed by atoms with Crippen molar-refractivity contribution < 1.29 is 0 Å². The summed E-state index contributed by atoms with van der Waals surface area (Å²) in [6, 6.07) is 0. The fourth-order valence-electron chi connectivity index (χ4n) is 1.08. The molecule has 0 atom stereocenters. The van der Waals surface area contributed by atoms with Crippen LogP contribution in [-0.2, 0) is 0 Å². The van der Waals surface area contributed by atoms with Gasteiger partial charge in [0.05, 0.1) is 0 Å². The Morgan fingerprint density at radius 1 is 1.31 bits per heavy atom. The van der Waals surface area contributed by atoms with Gasteiger partial charge in [-0.2, -0.15) is 0 Å². The summed E-state index contributed by atoms with van der Waals surface area (Å²) in [5.41, 5.74) is 7.68. The molecular formula is C12H21N. The average Bonchev–Trinajstić information content (AvgIpc) is 1.95. The second-order valence-corrected chi connectivity index (χ2v) is 4.51. The highest BCUT2D eigenvalue weighted by Gasteiger charge is 2.10. The maximum absolute atomic E-state index is 5.45. The van der Waals surface area contributed by atoms with Crippen molar-refractivity contribution in [3.8, 4) is 0 Å². The Hall–Kier alpha value is -0.980. The molecule has 0 radical (unpaired) electrons. The Morgan fingerprint density at radius 2 is 1.85 bits per heavy atom. The van der Waals surface area contributed by atoms with Crippen molar-refractivity contribution in [3.05, 3.63) is 36.1 Å². The maximum Gasteiger partial charge on any atom is 0.0241 e. The molecule has 1 heteroatoms. The summed E-state index contributed by atoms with van der Waals surface area (Å²) in [6.07, 6.45) is 7.06. The third kappa shape index (κ3) is 7.38. The van der Waals surface area contributed by atoms with Crippen LogP contribution in [0.4, 0.5) is 0 Å². The van der Waals surface area contributed by atoms with Crippen molar-refractivity contribution >= 4 is 0 Å². The van der Waals surface area contributed by atoms with E-state index in [0.29, 0.717) is 11.1 Å². The summed E-state index contributed by atoms with van der Waals surface area (Å²) in [5, 5.41) is 0. The van der Waals surface area contributed by atoms with Gasteiger partial charge in [-0.05, 0) is 24.8 Å². The molecule has 2 N–H and O–H groups in total. The first-order valence-electron chi connectivity index (χ1n) is 4.63. The monoisotopic (exact) mass is 179 g/mol. The highest BCUT2D eigenvalue weighted by atomic mass is 14.5. The van der Waals surface area contributed by atoms with Crippen LogP contribution in [0.2, 0.25) is 0 Å². The van der Waals surface area contributed by atoms with Crippen molar-refractivity contribution in [2.24, 2.45) is 11.1 Å². The zero-order valence-corrected chi connectivity index (χ0v) is 9.22. The third-order valence-corrected chi connectivity index (χ3v) is 1.62. The van der Waals surface area contributed by atoms with Gasteiger partial charge in [-0.1, -0.05) is 45.1 Å². The van der Waals surface area contributed by atoms with Gasteiger partial charge in [-0.3, -0.25) is 0 Å². The molecule has 0 spiro atoms. The smallest absolute Gasteiger partial charge is 0.0241 e. The number of hydrogen-bond donors (Lipinski definition) is 1. The summed E-state index contributed by atoms with van der Waals surface area (Å²) in [7, 11) is 0. The molecule has 0 fully saturated rings. The van der Waals surface area contributed by atoms with Crippen LogP contribution >= 0.6 is 0 Å². The Kier molecular flexibility index (Phi) is 4.53. The van der Waals surface area contributed by atoms with E-state index < -0.39 is 0 Å². The van der Waals surface area contributed by atoms with Gasteiger partial charge in [0.1, 0.15) is 0 Å². The number of hydrogen-bond acceptors (Lipinski definition) is 1. The predicted molar refractivity (Wildman–Crippen MR) is 60.3 cm³/mol. The maximum atomic E-state index is 5.45. The molecule has 74 valence electrons. The molecule has 0 saturated heterocycles. The molecule has 0 amide bonds. The highest BCUT2D eigenvalue weighted by Crippen LogP contribution is 2.24. The van der Waals surface area contributed by atoms with Crippen LogP contribution < -0.4 is 5.73 Å². The van der Waals surface area contributed by atoms with E-state index in [-0.39, 0.29) is 0 Å². The normalized spacial score (nSPS) is 13.7. The molecule has 0 saturated carbocycles. The summed E-state index contributed by atoms with van der Waals surface area (Å²) in [6.45, 7) is 12.3. The predicted octanol–water partition coefficient (Wildman–Crippen LogP) is 3.40. The number of nitrogens with two attached hydrogens (primary N) is 1. The molecule has 0 aromatic heterocycles. The van der Waals surface area contributed by atoms with Crippen LogP contribution in [0.1, 0.15) is 34.1 Å². The van der Waals surface area contributed by atoms with E-state index in [4.69, 9.17) is 5.73 Å². The van der Waals surface area contributed by atoms with E-state index >= 15 is 0 Å². The first-order valence-corrected chi connectivity index (χ1v) is 4.63. The van der Waals surface area contributed by atoms with E-state index in [1.165, 1.54) is 5.57 Å². The van der Waals surface area contributed by atoms with Gasteiger partial charge in [0.25, 0.3) is 0 Å². The summed E-state index contributed by atoms with van der Waals surface area (Å²) < 4.78 is 0. The lowest BCUT2D eigenvalue weighted by Crippen LogP contribution is -2.05. The molecule has 0 aromatic carbocycles.